The van der Waals surface area contributed by atoms with Gasteiger partial charge in [0.1, 0.15) is 6.04 Å². The Morgan fingerprint density at radius 1 is 1.24 bits per heavy atom. The van der Waals surface area contributed by atoms with Crippen molar-refractivity contribution in [1.29, 1.82) is 0 Å². The van der Waals surface area contributed by atoms with Crippen molar-refractivity contribution in [3.63, 3.8) is 0 Å². The van der Waals surface area contributed by atoms with Crippen LogP contribution in [0.15, 0.2) is 24.3 Å². The third-order valence-corrected chi connectivity index (χ3v) is 7.32. The van der Waals surface area contributed by atoms with E-state index in [-0.39, 0.29) is 23.3 Å². The molecule has 2 saturated heterocycles. The van der Waals surface area contributed by atoms with Crippen LogP contribution in [-0.4, -0.2) is 52.9 Å². The number of carbonyl (C=O) groups excluding carboxylic acids is 2. The van der Waals surface area contributed by atoms with E-state index in [0.717, 1.165) is 32.5 Å². The summed E-state index contributed by atoms with van der Waals surface area (Å²) in [5.41, 5.74) is 2.78. The number of amides is 2. The molecule has 134 valence electrons. The molecular formula is C19H25N3O2S. The van der Waals surface area contributed by atoms with Crippen LogP contribution in [0, 0.1) is 0 Å². The van der Waals surface area contributed by atoms with Crippen LogP contribution in [0.25, 0.3) is 0 Å². The lowest BCUT2D eigenvalue weighted by molar-refractivity contribution is -0.137. The highest BCUT2D eigenvalue weighted by Crippen LogP contribution is 2.44. The summed E-state index contributed by atoms with van der Waals surface area (Å²) in [5, 5.41) is 6.44. The molecule has 0 saturated carbocycles. The summed E-state index contributed by atoms with van der Waals surface area (Å²) < 4.78 is -0.442. The van der Waals surface area contributed by atoms with Crippen LogP contribution in [0.5, 0.6) is 0 Å². The highest BCUT2D eigenvalue weighted by molar-refractivity contribution is 8.01. The number of para-hydroxylation sites is 1. The van der Waals surface area contributed by atoms with Crippen molar-refractivity contribution in [1.82, 2.24) is 10.2 Å². The van der Waals surface area contributed by atoms with Crippen molar-refractivity contribution in [2.75, 3.05) is 30.7 Å². The van der Waals surface area contributed by atoms with Gasteiger partial charge in [-0.15, -0.1) is 11.8 Å². The Morgan fingerprint density at radius 3 is 2.68 bits per heavy atom. The molecule has 5 nitrogen and oxygen atoms in total. The second kappa shape index (κ2) is 5.94. The van der Waals surface area contributed by atoms with Crippen molar-refractivity contribution in [3.8, 4) is 0 Å². The smallest absolute Gasteiger partial charge is 0.246 e. The Kier molecular flexibility index (Phi) is 3.98. The standard InChI is InChI=1S/C19H25N3O2S/c1-18(2)17(24)21-15(11-25-18)16(23)22-9-7-19(8-10-22)12-20-14-6-4-3-5-13(14)19/h3-6,15,20H,7-12H2,1-2H3,(H,21,24)/t15-/m0/s1. The minimum atomic E-state index is -0.442. The number of rotatable bonds is 1. The minimum Gasteiger partial charge on any atom is -0.384 e. The van der Waals surface area contributed by atoms with Crippen LogP contribution in [0.3, 0.4) is 0 Å². The first kappa shape index (κ1) is 16.8. The van der Waals surface area contributed by atoms with Gasteiger partial charge in [0.05, 0.1) is 4.75 Å². The highest BCUT2D eigenvalue weighted by Gasteiger charge is 2.44. The summed E-state index contributed by atoms with van der Waals surface area (Å²) in [6.45, 7) is 6.29. The zero-order valence-electron chi connectivity index (χ0n) is 14.8. The molecule has 2 N–H and O–H groups in total. The molecule has 1 aromatic carbocycles. The van der Waals surface area contributed by atoms with Crippen LogP contribution in [0.4, 0.5) is 5.69 Å². The maximum absolute atomic E-state index is 12.8. The summed E-state index contributed by atoms with van der Waals surface area (Å²) in [4.78, 5) is 26.9. The van der Waals surface area contributed by atoms with Gasteiger partial charge in [0.15, 0.2) is 0 Å². The molecule has 6 heteroatoms. The monoisotopic (exact) mass is 359 g/mol. The molecule has 1 aromatic rings. The number of piperidine rings is 1. The second-order valence-electron chi connectivity index (χ2n) is 7.85. The molecule has 0 radical (unpaired) electrons. The molecule has 2 fully saturated rings. The summed E-state index contributed by atoms with van der Waals surface area (Å²) in [6.07, 6.45) is 1.95. The maximum Gasteiger partial charge on any atom is 0.246 e. The van der Waals surface area contributed by atoms with Gasteiger partial charge >= 0.3 is 0 Å². The summed E-state index contributed by atoms with van der Waals surface area (Å²) in [5.74, 6) is 0.693. The largest absolute Gasteiger partial charge is 0.384 e. The fourth-order valence-corrected chi connectivity index (χ4v) is 5.14. The first-order valence-corrected chi connectivity index (χ1v) is 9.97. The highest BCUT2D eigenvalue weighted by atomic mass is 32.2. The third-order valence-electron chi connectivity index (χ3n) is 5.91. The van der Waals surface area contributed by atoms with E-state index in [9.17, 15) is 9.59 Å². The zero-order chi connectivity index (χ0) is 17.7. The fraction of sp³-hybridized carbons (Fsp3) is 0.579. The number of hydrogen-bond acceptors (Lipinski definition) is 4. The predicted molar refractivity (Wildman–Crippen MR) is 101 cm³/mol. The van der Waals surface area contributed by atoms with E-state index in [1.807, 2.05) is 18.7 Å². The van der Waals surface area contributed by atoms with Crippen molar-refractivity contribution in [3.05, 3.63) is 29.8 Å². The van der Waals surface area contributed by atoms with Gasteiger partial charge in [0, 0.05) is 36.5 Å². The van der Waals surface area contributed by atoms with Crippen molar-refractivity contribution < 1.29 is 9.59 Å². The Morgan fingerprint density at radius 2 is 1.96 bits per heavy atom. The number of nitrogens with zero attached hydrogens (tertiary/aromatic N) is 1. The molecule has 0 aliphatic carbocycles. The lowest BCUT2D eigenvalue weighted by atomic mass is 9.74. The molecule has 1 atom stereocenters. The Bertz CT molecular complexity index is 710. The number of likely N-dealkylation sites (tertiary alicyclic amines) is 1. The molecule has 3 heterocycles. The van der Waals surface area contributed by atoms with E-state index in [4.69, 9.17) is 0 Å². The van der Waals surface area contributed by atoms with Crippen LogP contribution in [0.2, 0.25) is 0 Å². The quantitative estimate of drug-likeness (QED) is 0.805. The summed E-state index contributed by atoms with van der Waals surface area (Å²) in [6, 6.07) is 8.13. The number of nitrogens with one attached hydrogen (secondary N) is 2. The van der Waals surface area contributed by atoms with Crippen molar-refractivity contribution >= 4 is 29.3 Å². The molecule has 3 aliphatic heterocycles. The Labute approximate surface area is 152 Å². The second-order valence-corrected chi connectivity index (χ2v) is 9.49. The topological polar surface area (TPSA) is 61.4 Å². The number of benzene rings is 1. The predicted octanol–water partition coefficient (Wildman–Crippen LogP) is 1.98. The zero-order valence-corrected chi connectivity index (χ0v) is 15.6. The molecule has 0 aromatic heterocycles. The number of thioether (sulfide) groups is 1. The average molecular weight is 359 g/mol. The molecule has 0 unspecified atom stereocenters. The van der Waals surface area contributed by atoms with Gasteiger partial charge in [-0.2, -0.15) is 0 Å². The van der Waals surface area contributed by atoms with Gasteiger partial charge in [-0.3, -0.25) is 9.59 Å². The van der Waals surface area contributed by atoms with Gasteiger partial charge in [0.2, 0.25) is 11.8 Å². The van der Waals surface area contributed by atoms with Gasteiger partial charge in [-0.05, 0) is 38.3 Å². The Balaban J connectivity index is 1.41. The van der Waals surface area contributed by atoms with Gasteiger partial charge in [-0.1, -0.05) is 18.2 Å². The summed E-state index contributed by atoms with van der Waals surface area (Å²) >= 11 is 1.57. The van der Waals surface area contributed by atoms with E-state index in [2.05, 4.69) is 34.9 Å². The SMILES string of the molecule is CC1(C)SC[C@@H](C(=O)N2CCC3(CC2)CNc2ccccc23)NC1=O. The normalized spacial score (nSPS) is 26.7. The van der Waals surface area contributed by atoms with E-state index >= 15 is 0 Å². The lowest BCUT2D eigenvalue weighted by Crippen LogP contribution is -2.59. The first-order chi connectivity index (χ1) is 11.9. The molecule has 1 spiro atoms. The molecular weight excluding hydrogens is 334 g/mol. The molecule has 25 heavy (non-hydrogen) atoms. The lowest BCUT2D eigenvalue weighted by Gasteiger charge is -2.42. The van der Waals surface area contributed by atoms with Crippen LogP contribution in [-0.2, 0) is 15.0 Å². The van der Waals surface area contributed by atoms with E-state index < -0.39 is 4.75 Å². The van der Waals surface area contributed by atoms with Crippen LogP contribution in [0.1, 0.15) is 32.3 Å². The van der Waals surface area contributed by atoms with Gasteiger partial charge < -0.3 is 15.5 Å². The van der Waals surface area contributed by atoms with Crippen molar-refractivity contribution in [2.24, 2.45) is 0 Å². The average Bonchev–Trinajstić information content (AvgIpc) is 2.96. The van der Waals surface area contributed by atoms with E-state index in [1.165, 1.54) is 11.3 Å². The van der Waals surface area contributed by atoms with Gasteiger partial charge in [-0.25, -0.2) is 0 Å². The molecule has 3 aliphatic rings. The molecule has 2 amide bonds. The van der Waals surface area contributed by atoms with E-state index in [0.29, 0.717) is 5.75 Å². The fourth-order valence-electron chi connectivity index (χ4n) is 4.14. The van der Waals surface area contributed by atoms with E-state index in [1.54, 1.807) is 11.8 Å². The van der Waals surface area contributed by atoms with Crippen LogP contribution < -0.4 is 10.6 Å². The maximum atomic E-state index is 12.8. The minimum absolute atomic E-state index is 0.0375. The number of hydrogen-bond donors (Lipinski definition) is 2. The number of anilines is 1. The molecule has 0 bridgehead atoms. The van der Waals surface area contributed by atoms with Crippen molar-refractivity contribution in [2.45, 2.75) is 42.9 Å². The van der Waals surface area contributed by atoms with Gasteiger partial charge in [0.25, 0.3) is 0 Å². The van der Waals surface area contributed by atoms with Crippen LogP contribution >= 0.6 is 11.8 Å². The number of carbonyl (C=O) groups is 2. The third kappa shape index (κ3) is 2.80. The first-order valence-electron chi connectivity index (χ1n) is 8.98. The molecule has 4 rings (SSSR count). The summed E-state index contributed by atoms with van der Waals surface area (Å²) in [7, 11) is 0. The number of fused-ring (bicyclic) bond motifs is 2. The Hall–Kier alpha value is -1.69.